The molecule has 3 aromatic heterocycles. The van der Waals surface area contributed by atoms with Gasteiger partial charge >= 0.3 is 0 Å². The summed E-state index contributed by atoms with van der Waals surface area (Å²) in [7, 11) is 0. The van der Waals surface area contributed by atoms with Crippen molar-refractivity contribution in [3.05, 3.63) is 43.5 Å². The molecule has 0 saturated heterocycles. The zero-order chi connectivity index (χ0) is 15.8. The standard InChI is InChI=1S/C16H12S7/c1-17-15-16(18-2)23-14-12(10-6-4-8-20-10)21-11(13(14)22-15)9-5-3-7-19-9/h3-8H,1-2H3. The van der Waals surface area contributed by atoms with Crippen LogP contribution in [0.1, 0.15) is 0 Å². The molecule has 0 aromatic carbocycles. The first-order chi connectivity index (χ1) is 11.3. The summed E-state index contributed by atoms with van der Waals surface area (Å²) in [6, 6.07) is 8.78. The zero-order valence-corrected chi connectivity index (χ0v) is 18.0. The van der Waals surface area contributed by atoms with E-state index in [4.69, 9.17) is 0 Å². The van der Waals surface area contributed by atoms with Crippen molar-refractivity contribution < 1.29 is 0 Å². The van der Waals surface area contributed by atoms with Gasteiger partial charge < -0.3 is 0 Å². The Bertz CT molecular complexity index is 769. The molecular weight excluding hydrogens is 417 g/mol. The predicted octanol–water partition coefficient (Wildman–Crippen LogP) is 8.26. The summed E-state index contributed by atoms with van der Waals surface area (Å²) in [6.07, 6.45) is 4.36. The van der Waals surface area contributed by atoms with Crippen LogP contribution in [0.15, 0.2) is 53.3 Å². The lowest BCUT2D eigenvalue weighted by Crippen LogP contribution is -1.87. The molecule has 0 radical (unpaired) electrons. The second-order valence-electron chi connectivity index (χ2n) is 4.56. The van der Waals surface area contributed by atoms with Crippen molar-refractivity contribution in [2.75, 3.05) is 12.5 Å². The smallest absolute Gasteiger partial charge is 0.0652 e. The summed E-state index contributed by atoms with van der Waals surface area (Å²) < 4.78 is 2.87. The van der Waals surface area contributed by atoms with Gasteiger partial charge in [0, 0.05) is 19.5 Å². The van der Waals surface area contributed by atoms with Gasteiger partial charge in [0.2, 0.25) is 0 Å². The quantitative estimate of drug-likeness (QED) is 0.410. The Labute approximate surface area is 165 Å². The molecule has 0 N–H and O–H groups in total. The minimum absolute atomic E-state index is 1.38. The van der Waals surface area contributed by atoms with Crippen molar-refractivity contribution in [3.63, 3.8) is 0 Å². The third-order valence-corrected chi connectivity index (χ3v) is 12.1. The zero-order valence-electron chi connectivity index (χ0n) is 12.3. The molecule has 0 bridgehead atoms. The molecule has 7 heteroatoms. The average molecular weight is 429 g/mol. The molecule has 4 rings (SSSR count). The average Bonchev–Trinajstić information content (AvgIpc) is 3.31. The molecule has 118 valence electrons. The molecule has 0 aliphatic carbocycles. The highest BCUT2D eigenvalue weighted by atomic mass is 32.2. The first kappa shape index (κ1) is 16.7. The molecular formula is C16H12S7. The predicted molar refractivity (Wildman–Crippen MR) is 117 cm³/mol. The maximum absolute atomic E-state index is 2.24. The highest BCUT2D eigenvalue weighted by Gasteiger charge is 2.29. The van der Waals surface area contributed by atoms with Crippen molar-refractivity contribution >= 4 is 81.1 Å². The molecule has 4 heterocycles. The fourth-order valence-electron chi connectivity index (χ4n) is 2.25. The van der Waals surface area contributed by atoms with Crippen molar-refractivity contribution in [3.8, 4) is 19.5 Å². The van der Waals surface area contributed by atoms with E-state index < -0.39 is 0 Å². The van der Waals surface area contributed by atoms with Gasteiger partial charge in [0.1, 0.15) is 0 Å². The molecule has 0 unspecified atom stereocenters. The third-order valence-electron chi connectivity index (χ3n) is 3.24. The number of rotatable bonds is 4. The van der Waals surface area contributed by atoms with Gasteiger partial charge in [-0.25, -0.2) is 0 Å². The van der Waals surface area contributed by atoms with E-state index in [-0.39, 0.29) is 0 Å². The van der Waals surface area contributed by atoms with Crippen LogP contribution in [0, 0.1) is 0 Å². The van der Waals surface area contributed by atoms with E-state index in [1.807, 2.05) is 81.1 Å². The Kier molecular flexibility index (Phi) is 5.25. The van der Waals surface area contributed by atoms with Gasteiger partial charge in [-0.3, -0.25) is 0 Å². The van der Waals surface area contributed by atoms with Gasteiger partial charge in [-0.05, 0) is 35.4 Å². The van der Waals surface area contributed by atoms with Gasteiger partial charge in [0.05, 0.1) is 18.2 Å². The lowest BCUT2D eigenvalue weighted by Gasteiger charge is -2.18. The second-order valence-corrected chi connectivity index (χ2v) is 11.7. The van der Waals surface area contributed by atoms with Crippen molar-refractivity contribution in [2.24, 2.45) is 0 Å². The van der Waals surface area contributed by atoms with E-state index in [0.29, 0.717) is 0 Å². The fraction of sp³-hybridized carbons (Fsp3) is 0.125. The molecule has 0 nitrogen and oxygen atoms in total. The maximum Gasteiger partial charge on any atom is 0.0652 e. The van der Waals surface area contributed by atoms with E-state index in [9.17, 15) is 0 Å². The number of hydrogen-bond acceptors (Lipinski definition) is 7. The van der Waals surface area contributed by atoms with Crippen molar-refractivity contribution in [1.82, 2.24) is 0 Å². The first-order valence-electron chi connectivity index (χ1n) is 6.74. The van der Waals surface area contributed by atoms with Crippen LogP contribution >= 0.6 is 81.1 Å². The normalized spacial score (nSPS) is 14.3. The molecule has 1 aliphatic heterocycles. The maximum atomic E-state index is 2.24. The van der Waals surface area contributed by atoms with Gasteiger partial charge in [-0.2, -0.15) is 0 Å². The summed E-state index contributed by atoms with van der Waals surface area (Å²) in [5.74, 6) is 0. The molecule has 0 fully saturated rings. The van der Waals surface area contributed by atoms with Crippen LogP contribution in [0.25, 0.3) is 19.5 Å². The molecule has 0 amide bonds. The summed E-state index contributed by atoms with van der Waals surface area (Å²) in [5.41, 5.74) is 0. The monoisotopic (exact) mass is 428 g/mol. The van der Waals surface area contributed by atoms with E-state index in [0.717, 1.165) is 0 Å². The molecule has 23 heavy (non-hydrogen) atoms. The number of hydrogen-bond donors (Lipinski definition) is 0. The van der Waals surface area contributed by atoms with Gasteiger partial charge in [0.25, 0.3) is 0 Å². The number of fused-ring (bicyclic) bond motifs is 1. The summed E-state index contributed by atoms with van der Waals surface area (Å²) >= 11 is 13.3. The Morgan fingerprint density at radius 3 is 1.57 bits per heavy atom. The number of thiophene rings is 3. The second kappa shape index (κ2) is 7.23. The van der Waals surface area contributed by atoms with Gasteiger partial charge in [-0.15, -0.1) is 57.5 Å². The minimum Gasteiger partial charge on any atom is -0.143 e. The Morgan fingerprint density at radius 2 is 1.22 bits per heavy atom. The SMILES string of the molecule is CSC1=C(SC)Sc2c(-c3cccs3)sc(-c3cccs3)c2S1. The minimum atomic E-state index is 1.38. The van der Waals surface area contributed by atoms with Crippen LogP contribution in [0.4, 0.5) is 0 Å². The first-order valence-corrected chi connectivity index (χ1v) is 13.4. The lowest BCUT2D eigenvalue weighted by molar-refractivity contribution is 1.35. The van der Waals surface area contributed by atoms with Crippen LogP contribution in [0.3, 0.4) is 0 Å². The molecule has 3 aromatic rings. The summed E-state index contributed by atoms with van der Waals surface area (Å²) in [6.45, 7) is 0. The van der Waals surface area contributed by atoms with Gasteiger partial charge in [-0.1, -0.05) is 35.7 Å². The highest BCUT2D eigenvalue weighted by Crippen LogP contribution is 2.62. The largest absolute Gasteiger partial charge is 0.143 e. The summed E-state index contributed by atoms with van der Waals surface area (Å²) in [5, 5.41) is 4.34. The number of thioether (sulfide) groups is 4. The third kappa shape index (κ3) is 3.10. The van der Waals surface area contributed by atoms with Crippen LogP contribution in [0.2, 0.25) is 0 Å². The van der Waals surface area contributed by atoms with Crippen molar-refractivity contribution in [2.45, 2.75) is 9.79 Å². The topological polar surface area (TPSA) is 0 Å². The van der Waals surface area contributed by atoms with Crippen molar-refractivity contribution in [1.29, 1.82) is 0 Å². The molecule has 1 aliphatic rings. The van der Waals surface area contributed by atoms with Crippen LogP contribution < -0.4 is 0 Å². The van der Waals surface area contributed by atoms with Crippen LogP contribution in [-0.4, -0.2) is 12.5 Å². The van der Waals surface area contributed by atoms with Crippen LogP contribution in [0.5, 0.6) is 0 Å². The molecule has 0 saturated carbocycles. The lowest BCUT2D eigenvalue weighted by atomic mass is 10.3. The van der Waals surface area contributed by atoms with E-state index in [1.54, 1.807) is 0 Å². The highest BCUT2D eigenvalue weighted by molar-refractivity contribution is 8.29. The molecule has 0 atom stereocenters. The Hall–Kier alpha value is 0.240. The Balaban J connectivity index is 1.90. The van der Waals surface area contributed by atoms with E-state index in [1.165, 1.54) is 37.8 Å². The summed E-state index contributed by atoms with van der Waals surface area (Å²) in [4.78, 5) is 8.54. The van der Waals surface area contributed by atoms with E-state index >= 15 is 0 Å². The Morgan fingerprint density at radius 1 is 0.739 bits per heavy atom. The van der Waals surface area contributed by atoms with Crippen LogP contribution in [-0.2, 0) is 0 Å². The molecule has 0 spiro atoms. The van der Waals surface area contributed by atoms with Gasteiger partial charge in [0.15, 0.2) is 0 Å². The fourth-order valence-corrected chi connectivity index (χ4v) is 10.4. The van der Waals surface area contributed by atoms with E-state index in [2.05, 4.69) is 47.5 Å².